The second kappa shape index (κ2) is 9.12. The van der Waals surface area contributed by atoms with Crippen molar-refractivity contribution in [3.8, 4) is 0 Å². The summed E-state index contributed by atoms with van der Waals surface area (Å²) in [4.78, 5) is 28.4. The Bertz CT molecular complexity index is 623. The van der Waals surface area contributed by atoms with Crippen LogP contribution >= 0.6 is 0 Å². The van der Waals surface area contributed by atoms with Crippen LogP contribution in [0.5, 0.6) is 0 Å². The number of anilines is 1. The lowest BCUT2D eigenvalue weighted by Gasteiger charge is -2.34. The molecule has 1 saturated heterocycles. The molecule has 26 heavy (non-hydrogen) atoms. The van der Waals surface area contributed by atoms with E-state index in [0.717, 1.165) is 12.3 Å². The molecule has 1 aliphatic carbocycles. The molecule has 0 bridgehead atoms. The van der Waals surface area contributed by atoms with E-state index >= 15 is 0 Å². The Morgan fingerprint density at radius 3 is 2.54 bits per heavy atom. The fourth-order valence-corrected chi connectivity index (χ4v) is 3.91. The monoisotopic (exact) mass is 361 g/mol. The van der Waals surface area contributed by atoms with Crippen molar-refractivity contribution in [2.45, 2.75) is 38.5 Å². The van der Waals surface area contributed by atoms with E-state index in [1.54, 1.807) is 12.1 Å². The van der Waals surface area contributed by atoms with E-state index in [4.69, 9.17) is 0 Å². The lowest BCUT2D eigenvalue weighted by molar-refractivity contribution is -0.133. The number of hydrogen-bond donors (Lipinski definition) is 1. The lowest BCUT2D eigenvalue weighted by Crippen LogP contribution is -2.50. The topological polar surface area (TPSA) is 52.7 Å². The first-order valence-corrected chi connectivity index (χ1v) is 9.66. The maximum Gasteiger partial charge on any atom is 0.238 e. The predicted molar refractivity (Wildman–Crippen MR) is 99.2 cm³/mol. The third-order valence-electron chi connectivity index (χ3n) is 5.44. The van der Waals surface area contributed by atoms with E-state index in [0.29, 0.717) is 38.3 Å². The molecule has 2 fully saturated rings. The molecule has 0 unspecified atom stereocenters. The number of piperazine rings is 1. The molecule has 0 radical (unpaired) electrons. The van der Waals surface area contributed by atoms with Gasteiger partial charge < -0.3 is 10.2 Å². The molecule has 2 aliphatic rings. The summed E-state index contributed by atoms with van der Waals surface area (Å²) in [5, 5.41) is 2.71. The summed E-state index contributed by atoms with van der Waals surface area (Å²) in [6.45, 7) is 3.02. The number of hydrogen-bond acceptors (Lipinski definition) is 3. The molecule has 1 aromatic rings. The molecule has 142 valence electrons. The van der Waals surface area contributed by atoms with Gasteiger partial charge in [0.15, 0.2) is 0 Å². The number of halogens is 1. The first kappa shape index (κ1) is 18.8. The molecule has 1 aliphatic heterocycles. The second-order valence-electron chi connectivity index (χ2n) is 7.40. The van der Waals surface area contributed by atoms with Crippen LogP contribution < -0.4 is 5.32 Å². The van der Waals surface area contributed by atoms with Gasteiger partial charge in [-0.1, -0.05) is 31.7 Å². The van der Waals surface area contributed by atoms with E-state index in [2.05, 4.69) is 5.32 Å². The average Bonchev–Trinajstić information content (AvgIpc) is 3.14. The van der Waals surface area contributed by atoms with Gasteiger partial charge in [0.05, 0.1) is 6.54 Å². The van der Waals surface area contributed by atoms with Crippen molar-refractivity contribution < 1.29 is 14.0 Å². The molecular formula is C20H28FN3O2. The quantitative estimate of drug-likeness (QED) is 0.848. The van der Waals surface area contributed by atoms with Crippen molar-refractivity contribution in [3.05, 3.63) is 30.1 Å². The number of carbonyl (C=O) groups excluding carboxylic acids is 2. The Kier molecular flexibility index (Phi) is 6.61. The minimum Gasteiger partial charge on any atom is -0.340 e. The van der Waals surface area contributed by atoms with E-state index in [1.807, 2.05) is 9.80 Å². The normalized spacial score (nSPS) is 18.9. The van der Waals surface area contributed by atoms with Crippen LogP contribution in [0.2, 0.25) is 0 Å². The zero-order valence-electron chi connectivity index (χ0n) is 15.3. The van der Waals surface area contributed by atoms with Crippen molar-refractivity contribution in [2.24, 2.45) is 5.92 Å². The highest BCUT2D eigenvalue weighted by Gasteiger charge is 2.23. The van der Waals surface area contributed by atoms with Crippen molar-refractivity contribution in [1.82, 2.24) is 9.80 Å². The average molecular weight is 361 g/mol. The maximum absolute atomic E-state index is 13.2. The molecule has 0 spiro atoms. The molecule has 6 heteroatoms. The van der Waals surface area contributed by atoms with Crippen LogP contribution in [0.25, 0.3) is 0 Å². The number of nitrogens with one attached hydrogen (secondary N) is 1. The Labute approximate surface area is 154 Å². The van der Waals surface area contributed by atoms with Crippen molar-refractivity contribution in [3.63, 3.8) is 0 Å². The van der Waals surface area contributed by atoms with Gasteiger partial charge in [-0.25, -0.2) is 4.39 Å². The lowest BCUT2D eigenvalue weighted by atomic mass is 10.0. The fraction of sp³-hybridized carbons (Fsp3) is 0.600. The summed E-state index contributed by atoms with van der Waals surface area (Å²) in [5.74, 6) is 0.469. The van der Waals surface area contributed by atoms with Gasteiger partial charge in [0, 0.05) is 38.3 Å². The van der Waals surface area contributed by atoms with Crippen molar-refractivity contribution >= 4 is 17.5 Å². The summed E-state index contributed by atoms with van der Waals surface area (Å²) in [7, 11) is 0. The fourth-order valence-electron chi connectivity index (χ4n) is 3.91. The Hall–Kier alpha value is -1.95. The molecule has 0 aromatic heterocycles. The van der Waals surface area contributed by atoms with E-state index in [-0.39, 0.29) is 24.2 Å². The number of nitrogens with zero attached hydrogens (tertiary/aromatic N) is 2. The molecule has 1 aromatic carbocycles. The summed E-state index contributed by atoms with van der Waals surface area (Å²) >= 11 is 0. The summed E-state index contributed by atoms with van der Waals surface area (Å²) in [6, 6.07) is 5.89. The minimum atomic E-state index is -0.368. The highest BCUT2D eigenvalue weighted by molar-refractivity contribution is 5.92. The van der Waals surface area contributed by atoms with Gasteiger partial charge in [0.25, 0.3) is 0 Å². The van der Waals surface area contributed by atoms with Gasteiger partial charge in [-0.15, -0.1) is 0 Å². The van der Waals surface area contributed by atoms with Crippen LogP contribution in [-0.4, -0.2) is 54.3 Å². The third kappa shape index (κ3) is 5.53. The van der Waals surface area contributed by atoms with Gasteiger partial charge in [-0.2, -0.15) is 0 Å². The molecule has 2 amide bonds. The van der Waals surface area contributed by atoms with Crippen LogP contribution in [0.15, 0.2) is 24.3 Å². The second-order valence-corrected chi connectivity index (χ2v) is 7.40. The maximum atomic E-state index is 13.2. The van der Waals surface area contributed by atoms with Crippen molar-refractivity contribution in [2.75, 3.05) is 38.0 Å². The summed E-state index contributed by atoms with van der Waals surface area (Å²) in [6.07, 6.45) is 6.87. The first-order valence-electron chi connectivity index (χ1n) is 9.66. The summed E-state index contributed by atoms with van der Waals surface area (Å²) in [5.41, 5.74) is 0.468. The SMILES string of the molecule is O=C(CN1CCN(C(=O)CCC2CCCC2)CC1)Nc1cccc(F)c1. The first-order chi connectivity index (χ1) is 12.6. The van der Waals surface area contributed by atoms with Crippen molar-refractivity contribution in [1.29, 1.82) is 0 Å². The van der Waals surface area contributed by atoms with E-state index in [1.165, 1.54) is 37.8 Å². The highest BCUT2D eigenvalue weighted by atomic mass is 19.1. The van der Waals surface area contributed by atoms with E-state index < -0.39 is 0 Å². The molecular weight excluding hydrogens is 333 g/mol. The number of benzene rings is 1. The third-order valence-corrected chi connectivity index (χ3v) is 5.44. The number of rotatable bonds is 6. The van der Waals surface area contributed by atoms with Crippen LogP contribution in [0.3, 0.4) is 0 Å². The minimum absolute atomic E-state index is 0.156. The zero-order chi connectivity index (χ0) is 18.4. The number of carbonyl (C=O) groups is 2. The Morgan fingerprint density at radius 1 is 1.12 bits per heavy atom. The van der Waals surface area contributed by atoms with Crippen LogP contribution in [0.1, 0.15) is 38.5 Å². The smallest absolute Gasteiger partial charge is 0.238 e. The summed E-state index contributed by atoms with van der Waals surface area (Å²) < 4.78 is 13.2. The molecule has 3 rings (SSSR count). The predicted octanol–water partition coefficient (Wildman–Crippen LogP) is 2.88. The zero-order valence-corrected chi connectivity index (χ0v) is 15.3. The van der Waals surface area contributed by atoms with E-state index in [9.17, 15) is 14.0 Å². The highest BCUT2D eigenvalue weighted by Crippen LogP contribution is 2.28. The number of amides is 2. The van der Waals surface area contributed by atoms with Gasteiger partial charge in [0.1, 0.15) is 5.82 Å². The van der Waals surface area contributed by atoms with Gasteiger partial charge in [0.2, 0.25) is 11.8 Å². The van der Waals surface area contributed by atoms with Crippen LogP contribution in [0, 0.1) is 11.7 Å². The van der Waals surface area contributed by atoms with Gasteiger partial charge >= 0.3 is 0 Å². The van der Waals surface area contributed by atoms with Gasteiger partial charge in [-0.05, 0) is 30.5 Å². The Morgan fingerprint density at radius 2 is 1.85 bits per heavy atom. The molecule has 0 atom stereocenters. The molecule has 5 nitrogen and oxygen atoms in total. The largest absolute Gasteiger partial charge is 0.340 e. The molecule has 1 heterocycles. The molecule has 1 N–H and O–H groups in total. The Balaban J connectivity index is 1.36. The van der Waals surface area contributed by atoms with Crippen LogP contribution in [-0.2, 0) is 9.59 Å². The standard InChI is InChI=1S/C20H28FN3O2/c21-17-6-3-7-18(14-17)22-19(25)15-23-10-12-24(13-11-23)20(26)9-8-16-4-1-2-5-16/h3,6-7,14,16H,1-2,4-5,8-13,15H2,(H,22,25). The molecule has 1 saturated carbocycles. The van der Waals surface area contributed by atoms with Gasteiger partial charge in [-0.3, -0.25) is 14.5 Å². The van der Waals surface area contributed by atoms with Crippen LogP contribution in [0.4, 0.5) is 10.1 Å².